The molecule has 0 spiro atoms. The Labute approximate surface area is 98.0 Å². The average Bonchev–Trinajstić information content (AvgIpc) is 3.07. The predicted octanol–water partition coefficient (Wildman–Crippen LogP) is 2.91. The first-order chi connectivity index (χ1) is 7.77. The summed E-state index contributed by atoms with van der Waals surface area (Å²) in [6.45, 7) is 6.98. The van der Waals surface area contributed by atoms with Gasteiger partial charge in [0, 0.05) is 17.4 Å². The number of hydrogen-bond donors (Lipinski definition) is 1. The third-order valence-electron chi connectivity index (χ3n) is 4.21. The lowest BCUT2D eigenvalue weighted by Gasteiger charge is -2.23. The zero-order chi connectivity index (χ0) is 11.1. The molecular formula is C14H22N2. The van der Waals surface area contributed by atoms with Gasteiger partial charge in [-0.1, -0.05) is 0 Å². The summed E-state index contributed by atoms with van der Waals surface area (Å²) in [5, 5.41) is 3.45. The van der Waals surface area contributed by atoms with Gasteiger partial charge in [0.2, 0.25) is 0 Å². The van der Waals surface area contributed by atoms with Crippen molar-refractivity contribution in [2.24, 2.45) is 0 Å². The van der Waals surface area contributed by atoms with Crippen LogP contribution < -0.4 is 5.32 Å². The SMILES string of the molecule is Cc1cc(C2CCNCC2)c(C)n1C1CC1. The van der Waals surface area contributed by atoms with Crippen molar-refractivity contribution in [1.82, 2.24) is 9.88 Å². The third-order valence-corrected chi connectivity index (χ3v) is 4.21. The summed E-state index contributed by atoms with van der Waals surface area (Å²) >= 11 is 0. The van der Waals surface area contributed by atoms with Crippen LogP contribution in [0.2, 0.25) is 0 Å². The van der Waals surface area contributed by atoms with Gasteiger partial charge in [-0.05, 0) is 70.2 Å². The molecule has 16 heavy (non-hydrogen) atoms. The van der Waals surface area contributed by atoms with E-state index >= 15 is 0 Å². The van der Waals surface area contributed by atoms with E-state index in [2.05, 4.69) is 29.8 Å². The molecule has 0 unspecified atom stereocenters. The summed E-state index contributed by atoms with van der Waals surface area (Å²) in [5.41, 5.74) is 4.66. The van der Waals surface area contributed by atoms with Crippen LogP contribution in [0.25, 0.3) is 0 Å². The highest BCUT2D eigenvalue weighted by molar-refractivity contribution is 5.32. The van der Waals surface area contributed by atoms with Crippen molar-refractivity contribution in [2.45, 2.75) is 51.5 Å². The first-order valence-corrected chi connectivity index (χ1v) is 6.66. The summed E-state index contributed by atoms with van der Waals surface area (Å²) in [4.78, 5) is 0. The molecule has 1 saturated carbocycles. The summed E-state index contributed by atoms with van der Waals surface area (Å²) in [7, 11) is 0. The van der Waals surface area contributed by atoms with Crippen molar-refractivity contribution < 1.29 is 0 Å². The lowest BCUT2D eigenvalue weighted by molar-refractivity contribution is 0.458. The molecule has 0 radical (unpaired) electrons. The molecule has 1 aromatic heterocycles. The number of piperidine rings is 1. The Morgan fingerprint density at radius 2 is 1.81 bits per heavy atom. The van der Waals surface area contributed by atoms with Gasteiger partial charge in [-0.3, -0.25) is 0 Å². The highest BCUT2D eigenvalue weighted by atomic mass is 15.1. The molecule has 2 fully saturated rings. The van der Waals surface area contributed by atoms with Crippen molar-refractivity contribution in [3.05, 3.63) is 23.0 Å². The van der Waals surface area contributed by atoms with Crippen molar-refractivity contribution >= 4 is 0 Å². The zero-order valence-electron chi connectivity index (χ0n) is 10.4. The second-order valence-electron chi connectivity index (χ2n) is 5.45. The van der Waals surface area contributed by atoms with Crippen LogP contribution >= 0.6 is 0 Å². The van der Waals surface area contributed by atoms with Crippen LogP contribution in [0.3, 0.4) is 0 Å². The minimum Gasteiger partial charge on any atom is -0.346 e. The van der Waals surface area contributed by atoms with Crippen molar-refractivity contribution in [3.63, 3.8) is 0 Å². The van der Waals surface area contributed by atoms with E-state index in [4.69, 9.17) is 0 Å². The molecule has 88 valence electrons. The molecule has 0 atom stereocenters. The minimum absolute atomic E-state index is 0.806. The van der Waals surface area contributed by atoms with Gasteiger partial charge in [-0.15, -0.1) is 0 Å². The lowest BCUT2D eigenvalue weighted by atomic mass is 9.90. The fraction of sp³-hybridized carbons (Fsp3) is 0.714. The van der Waals surface area contributed by atoms with E-state index in [9.17, 15) is 0 Å². The fourth-order valence-corrected chi connectivity index (χ4v) is 3.24. The first kappa shape index (κ1) is 10.4. The Morgan fingerprint density at radius 3 is 2.44 bits per heavy atom. The maximum atomic E-state index is 3.45. The van der Waals surface area contributed by atoms with Gasteiger partial charge in [0.05, 0.1) is 0 Å². The molecule has 1 aromatic rings. The first-order valence-electron chi connectivity index (χ1n) is 6.66. The number of aromatic nitrogens is 1. The third kappa shape index (κ3) is 1.69. The van der Waals surface area contributed by atoms with E-state index in [0.717, 1.165) is 12.0 Å². The molecule has 1 N–H and O–H groups in total. The lowest BCUT2D eigenvalue weighted by Crippen LogP contribution is -2.26. The zero-order valence-corrected chi connectivity index (χ0v) is 10.4. The molecule has 0 aromatic carbocycles. The normalized spacial score (nSPS) is 22.6. The monoisotopic (exact) mass is 218 g/mol. The molecule has 2 heteroatoms. The second kappa shape index (κ2) is 3.92. The van der Waals surface area contributed by atoms with Gasteiger partial charge < -0.3 is 9.88 Å². The van der Waals surface area contributed by atoms with Gasteiger partial charge >= 0.3 is 0 Å². The highest BCUT2D eigenvalue weighted by Crippen LogP contribution is 2.40. The topological polar surface area (TPSA) is 17.0 Å². The Hall–Kier alpha value is -0.760. The van der Waals surface area contributed by atoms with E-state index in [1.165, 1.54) is 44.5 Å². The van der Waals surface area contributed by atoms with E-state index in [1.807, 2.05) is 0 Å². The predicted molar refractivity (Wildman–Crippen MR) is 67.0 cm³/mol. The molecule has 0 amide bonds. The largest absolute Gasteiger partial charge is 0.346 e. The Bertz CT molecular complexity index is 382. The molecule has 0 bridgehead atoms. The maximum Gasteiger partial charge on any atom is 0.0337 e. The van der Waals surface area contributed by atoms with Crippen LogP contribution in [0.5, 0.6) is 0 Å². The van der Waals surface area contributed by atoms with Gasteiger partial charge in [-0.2, -0.15) is 0 Å². The smallest absolute Gasteiger partial charge is 0.0337 e. The average molecular weight is 218 g/mol. The van der Waals surface area contributed by atoms with Crippen molar-refractivity contribution in [1.29, 1.82) is 0 Å². The number of hydrogen-bond acceptors (Lipinski definition) is 1. The summed E-state index contributed by atoms with van der Waals surface area (Å²) < 4.78 is 2.58. The van der Waals surface area contributed by atoms with E-state index < -0.39 is 0 Å². The van der Waals surface area contributed by atoms with Crippen LogP contribution in [-0.2, 0) is 0 Å². The molecule has 2 nitrogen and oxygen atoms in total. The van der Waals surface area contributed by atoms with Crippen LogP contribution in [-0.4, -0.2) is 17.7 Å². The van der Waals surface area contributed by atoms with Gasteiger partial charge in [0.25, 0.3) is 0 Å². The molecule has 1 aliphatic carbocycles. The maximum absolute atomic E-state index is 3.45. The number of rotatable bonds is 2. The van der Waals surface area contributed by atoms with E-state index in [1.54, 1.807) is 11.3 Å². The van der Waals surface area contributed by atoms with Crippen LogP contribution in [0, 0.1) is 13.8 Å². The number of nitrogens with zero attached hydrogens (tertiary/aromatic N) is 1. The summed E-state index contributed by atoms with van der Waals surface area (Å²) in [6, 6.07) is 3.28. The molecule has 2 aliphatic rings. The molecule has 1 saturated heterocycles. The summed E-state index contributed by atoms with van der Waals surface area (Å²) in [5.74, 6) is 0.806. The van der Waals surface area contributed by atoms with Crippen molar-refractivity contribution in [2.75, 3.05) is 13.1 Å². The van der Waals surface area contributed by atoms with E-state index in [-0.39, 0.29) is 0 Å². The molecule has 2 heterocycles. The number of nitrogens with one attached hydrogen (secondary N) is 1. The standard InChI is InChI=1S/C14H22N2/c1-10-9-14(12-5-7-15-8-6-12)11(2)16(10)13-3-4-13/h9,12-13,15H,3-8H2,1-2H3. The molecule has 3 rings (SSSR count). The Kier molecular flexibility index (Phi) is 2.55. The van der Waals surface area contributed by atoms with Crippen molar-refractivity contribution in [3.8, 4) is 0 Å². The van der Waals surface area contributed by atoms with Gasteiger partial charge in [0.15, 0.2) is 0 Å². The Balaban J connectivity index is 1.91. The molecular weight excluding hydrogens is 196 g/mol. The Morgan fingerprint density at radius 1 is 1.12 bits per heavy atom. The number of aryl methyl sites for hydroxylation is 1. The quantitative estimate of drug-likeness (QED) is 0.807. The van der Waals surface area contributed by atoms with Gasteiger partial charge in [-0.25, -0.2) is 0 Å². The van der Waals surface area contributed by atoms with Crippen LogP contribution in [0.4, 0.5) is 0 Å². The fourth-order valence-electron chi connectivity index (χ4n) is 3.24. The molecule has 1 aliphatic heterocycles. The van der Waals surface area contributed by atoms with E-state index in [0.29, 0.717) is 0 Å². The van der Waals surface area contributed by atoms with Gasteiger partial charge in [0.1, 0.15) is 0 Å². The second-order valence-corrected chi connectivity index (χ2v) is 5.45. The van der Waals surface area contributed by atoms with Crippen LogP contribution in [0.1, 0.15) is 54.6 Å². The van der Waals surface area contributed by atoms with Crippen LogP contribution in [0.15, 0.2) is 6.07 Å². The minimum atomic E-state index is 0.806. The summed E-state index contributed by atoms with van der Waals surface area (Å²) in [6.07, 6.45) is 5.41. The highest BCUT2D eigenvalue weighted by Gasteiger charge is 2.28.